The van der Waals surface area contributed by atoms with E-state index in [1.165, 1.54) is 10.8 Å². The van der Waals surface area contributed by atoms with Crippen molar-refractivity contribution in [2.45, 2.75) is 25.7 Å². The van der Waals surface area contributed by atoms with Gasteiger partial charge in [0.05, 0.1) is 25.4 Å². The number of urea groups is 1. The van der Waals surface area contributed by atoms with Crippen molar-refractivity contribution in [3.8, 4) is 0 Å². The molecule has 0 aliphatic carbocycles. The smallest absolute Gasteiger partial charge is 0.347 e. The largest absolute Gasteiger partial charge is 0.389 e. The molecule has 31 heavy (non-hydrogen) atoms. The molecule has 0 aliphatic heterocycles. The lowest BCUT2D eigenvalue weighted by Gasteiger charge is -2.17. The van der Waals surface area contributed by atoms with Gasteiger partial charge in [0, 0.05) is 24.6 Å². The topological polar surface area (TPSA) is 105 Å². The molecule has 2 aromatic carbocycles. The average molecular weight is 422 g/mol. The van der Waals surface area contributed by atoms with Gasteiger partial charge in [0.25, 0.3) is 0 Å². The average Bonchev–Trinajstić information content (AvgIpc) is 2.78. The Morgan fingerprint density at radius 3 is 2.74 bits per heavy atom. The predicted molar refractivity (Wildman–Crippen MR) is 118 cm³/mol. The monoisotopic (exact) mass is 422 g/mol. The molecule has 1 heterocycles. The van der Waals surface area contributed by atoms with E-state index in [2.05, 4.69) is 15.6 Å². The first-order chi connectivity index (χ1) is 15.0. The van der Waals surface area contributed by atoms with Gasteiger partial charge >= 0.3 is 11.7 Å². The van der Waals surface area contributed by atoms with Crippen molar-refractivity contribution in [1.82, 2.24) is 14.9 Å². The molecule has 0 bridgehead atoms. The Hall–Kier alpha value is -3.49. The summed E-state index contributed by atoms with van der Waals surface area (Å²) in [6, 6.07) is 18.1. The maximum Gasteiger partial charge on any atom is 0.347 e. The van der Waals surface area contributed by atoms with Crippen molar-refractivity contribution < 1.29 is 14.6 Å². The summed E-state index contributed by atoms with van der Waals surface area (Å²) in [6.07, 6.45) is 2.12. The van der Waals surface area contributed by atoms with Gasteiger partial charge in [-0.2, -0.15) is 0 Å². The molecule has 0 saturated carbocycles. The lowest BCUT2D eigenvalue weighted by molar-refractivity contribution is -0.000953. The third-order valence-corrected chi connectivity index (χ3v) is 4.63. The number of nitrogens with one attached hydrogen (secondary N) is 2. The fourth-order valence-corrected chi connectivity index (χ4v) is 2.97. The van der Waals surface area contributed by atoms with Crippen molar-refractivity contribution in [2.75, 3.05) is 18.5 Å². The molecule has 162 valence electrons. The number of carbonyl (C=O) groups is 1. The van der Waals surface area contributed by atoms with Crippen LogP contribution in [0, 0.1) is 0 Å². The van der Waals surface area contributed by atoms with E-state index in [1.54, 1.807) is 30.5 Å². The van der Waals surface area contributed by atoms with Crippen LogP contribution < -0.4 is 16.3 Å². The van der Waals surface area contributed by atoms with Crippen LogP contribution in [-0.2, 0) is 11.3 Å². The van der Waals surface area contributed by atoms with Crippen molar-refractivity contribution in [2.24, 2.45) is 0 Å². The summed E-state index contributed by atoms with van der Waals surface area (Å²) in [7, 11) is 0. The molecule has 0 spiro atoms. The zero-order valence-corrected chi connectivity index (χ0v) is 17.3. The summed E-state index contributed by atoms with van der Waals surface area (Å²) >= 11 is 0. The number of aliphatic hydroxyl groups is 1. The second kappa shape index (κ2) is 11.1. The van der Waals surface area contributed by atoms with Crippen LogP contribution in [0.5, 0.6) is 0 Å². The Labute approximate surface area is 180 Å². The zero-order chi connectivity index (χ0) is 22.1. The number of aromatic nitrogens is 2. The lowest BCUT2D eigenvalue weighted by atomic mass is 10.1. The van der Waals surface area contributed by atoms with E-state index in [-0.39, 0.29) is 24.9 Å². The molecule has 1 aromatic heterocycles. The van der Waals surface area contributed by atoms with Crippen LogP contribution in [0.1, 0.15) is 24.2 Å². The van der Waals surface area contributed by atoms with E-state index in [1.807, 2.05) is 43.3 Å². The molecule has 0 fully saturated rings. The predicted octanol–water partition coefficient (Wildman–Crippen LogP) is 2.55. The summed E-state index contributed by atoms with van der Waals surface area (Å²) in [5, 5.41) is 15.4. The Balaban J connectivity index is 1.44. The highest BCUT2D eigenvalue weighted by Gasteiger charge is 2.11. The van der Waals surface area contributed by atoms with Gasteiger partial charge in [0.2, 0.25) is 0 Å². The second-order valence-electron chi connectivity index (χ2n) is 7.11. The molecule has 2 amide bonds. The van der Waals surface area contributed by atoms with Crippen LogP contribution in [0.2, 0.25) is 0 Å². The molecular formula is C23H26N4O4. The quantitative estimate of drug-likeness (QED) is 0.492. The molecular weight excluding hydrogens is 396 g/mol. The van der Waals surface area contributed by atoms with Crippen molar-refractivity contribution in [3.63, 3.8) is 0 Å². The lowest BCUT2D eigenvalue weighted by Crippen LogP contribution is -2.37. The molecule has 8 nitrogen and oxygen atoms in total. The number of nitrogens with zero attached hydrogens (tertiary/aromatic N) is 2. The molecule has 0 aliphatic rings. The third-order valence-electron chi connectivity index (χ3n) is 4.63. The summed E-state index contributed by atoms with van der Waals surface area (Å²) < 4.78 is 7.15. The number of hydrogen-bond acceptors (Lipinski definition) is 5. The summed E-state index contributed by atoms with van der Waals surface area (Å²) in [5.41, 5.74) is 2.11. The molecule has 3 rings (SSSR count). The van der Waals surface area contributed by atoms with E-state index in [4.69, 9.17) is 4.74 Å². The first-order valence-electron chi connectivity index (χ1n) is 10.0. The first-order valence-corrected chi connectivity index (χ1v) is 10.0. The van der Waals surface area contributed by atoms with Gasteiger partial charge in [-0.05, 0) is 36.2 Å². The van der Waals surface area contributed by atoms with Crippen molar-refractivity contribution in [3.05, 3.63) is 94.7 Å². The zero-order valence-electron chi connectivity index (χ0n) is 17.3. The SMILES string of the molecule is CC(OCC(O)CNC(=O)Nc1cccc(Cn2cccnc2=O)c1)c1ccccc1. The van der Waals surface area contributed by atoms with Crippen LogP contribution in [0.4, 0.5) is 10.5 Å². The van der Waals surface area contributed by atoms with Gasteiger partial charge in [0.1, 0.15) is 0 Å². The Bertz CT molecular complexity index is 1040. The second-order valence-corrected chi connectivity index (χ2v) is 7.11. The molecule has 8 heteroatoms. The summed E-state index contributed by atoms with van der Waals surface area (Å²) in [5.74, 6) is 0. The number of aliphatic hydroxyl groups excluding tert-OH is 1. The minimum Gasteiger partial charge on any atom is -0.389 e. The van der Waals surface area contributed by atoms with Crippen LogP contribution in [0.15, 0.2) is 77.9 Å². The van der Waals surface area contributed by atoms with Crippen LogP contribution >= 0.6 is 0 Å². The number of rotatable bonds is 9. The number of anilines is 1. The number of hydrogen-bond donors (Lipinski definition) is 3. The Morgan fingerprint density at radius 2 is 1.97 bits per heavy atom. The molecule has 2 atom stereocenters. The Kier molecular flexibility index (Phi) is 7.91. The standard InChI is InChI=1S/C23H26N4O4/c1-17(19-8-3-2-4-9-19)31-16-21(28)14-25-22(29)26-20-10-5-7-18(13-20)15-27-12-6-11-24-23(27)30/h2-13,17,21,28H,14-16H2,1H3,(H2,25,26,29). The summed E-state index contributed by atoms with van der Waals surface area (Å²) in [6.45, 7) is 2.41. The third kappa shape index (κ3) is 7.06. The fourth-order valence-electron chi connectivity index (χ4n) is 2.97. The highest BCUT2D eigenvalue weighted by Crippen LogP contribution is 2.16. The minimum atomic E-state index is -0.833. The number of ether oxygens (including phenoxy) is 1. The molecule has 2 unspecified atom stereocenters. The van der Waals surface area contributed by atoms with Crippen molar-refractivity contribution in [1.29, 1.82) is 0 Å². The normalized spacial score (nSPS) is 12.7. The van der Waals surface area contributed by atoms with Crippen LogP contribution in [-0.4, -0.2) is 39.9 Å². The van der Waals surface area contributed by atoms with E-state index in [0.29, 0.717) is 12.2 Å². The number of benzene rings is 2. The van der Waals surface area contributed by atoms with Gasteiger partial charge in [-0.1, -0.05) is 42.5 Å². The Morgan fingerprint density at radius 1 is 1.16 bits per heavy atom. The number of amides is 2. The molecule has 3 N–H and O–H groups in total. The van der Waals surface area contributed by atoms with Crippen molar-refractivity contribution >= 4 is 11.7 Å². The van der Waals surface area contributed by atoms with Gasteiger partial charge in [-0.25, -0.2) is 14.6 Å². The highest BCUT2D eigenvalue weighted by atomic mass is 16.5. The van der Waals surface area contributed by atoms with Crippen LogP contribution in [0.3, 0.4) is 0 Å². The van der Waals surface area contributed by atoms with Crippen LogP contribution in [0.25, 0.3) is 0 Å². The van der Waals surface area contributed by atoms with Gasteiger partial charge in [-0.15, -0.1) is 0 Å². The fraction of sp³-hybridized carbons (Fsp3) is 0.261. The van der Waals surface area contributed by atoms with E-state index >= 15 is 0 Å². The van der Waals surface area contributed by atoms with E-state index in [9.17, 15) is 14.7 Å². The maximum absolute atomic E-state index is 12.2. The van der Waals surface area contributed by atoms with E-state index in [0.717, 1.165) is 11.1 Å². The highest BCUT2D eigenvalue weighted by molar-refractivity contribution is 5.89. The molecule has 3 aromatic rings. The minimum absolute atomic E-state index is 0.0537. The van der Waals surface area contributed by atoms with Gasteiger partial charge in [0.15, 0.2) is 0 Å². The van der Waals surface area contributed by atoms with Gasteiger partial charge in [-0.3, -0.25) is 4.57 Å². The maximum atomic E-state index is 12.2. The summed E-state index contributed by atoms with van der Waals surface area (Å²) in [4.78, 5) is 27.6. The van der Waals surface area contributed by atoms with Gasteiger partial charge < -0.3 is 20.5 Å². The molecule has 0 saturated heterocycles. The molecule has 0 radical (unpaired) electrons. The number of carbonyl (C=O) groups excluding carboxylic acids is 1. The van der Waals surface area contributed by atoms with E-state index < -0.39 is 12.1 Å². The first kappa shape index (κ1) is 22.2.